The van der Waals surface area contributed by atoms with Crippen LogP contribution in [0.1, 0.15) is 24.8 Å². The third-order valence-electron chi connectivity index (χ3n) is 3.25. The van der Waals surface area contributed by atoms with Crippen molar-refractivity contribution in [3.05, 3.63) is 29.8 Å². The van der Waals surface area contributed by atoms with Gasteiger partial charge in [-0.05, 0) is 31.9 Å². The van der Waals surface area contributed by atoms with Gasteiger partial charge in [-0.25, -0.2) is 4.79 Å². The van der Waals surface area contributed by atoms with E-state index in [9.17, 15) is 4.79 Å². The second-order valence-corrected chi connectivity index (χ2v) is 4.69. The number of nitrogens with two attached hydrogens (primary N) is 2. The topological polar surface area (TPSA) is 93.2 Å². The summed E-state index contributed by atoms with van der Waals surface area (Å²) in [5.74, 6) is 0. The largest absolute Gasteiger partial charge is 0.398 e. The number of amides is 2. The fourth-order valence-electron chi connectivity index (χ4n) is 2.08. The molecule has 1 saturated carbocycles. The lowest BCUT2D eigenvalue weighted by Gasteiger charge is -2.20. The Labute approximate surface area is 107 Å². The number of hydrogen-bond acceptors (Lipinski definition) is 3. The highest BCUT2D eigenvalue weighted by Crippen LogP contribution is 2.47. The van der Waals surface area contributed by atoms with Gasteiger partial charge in [0.1, 0.15) is 0 Å². The first-order chi connectivity index (χ1) is 8.68. The van der Waals surface area contributed by atoms with Gasteiger partial charge in [0.2, 0.25) is 0 Å². The Balaban J connectivity index is 1.96. The molecule has 0 atom stereocenters. The molecule has 2 rings (SSSR count). The minimum atomic E-state index is -0.266. The van der Waals surface area contributed by atoms with Crippen molar-refractivity contribution in [2.45, 2.75) is 24.8 Å². The highest BCUT2D eigenvalue weighted by molar-refractivity contribution is 5.76. The van der Waals surface area contributed by atoms with Gasteiger partial charge in [-0.1, -0.05) is 18.2 Å². The molecule has 1 aliphatic carbocycles. The molecule has 0 saturated heterocycles. The predicted molar refractivity (Wildman–Crippen MR) is 72.0 cm³/mol. The van der Waals surface area contributed by atoms with Crippen molar-refractivity contribution in [3.63, 3.8) is 0 Å². The maximum atomic E-state index is 11.8. The van der Waals surface area contributed by atoms with Gasteiger partial charge in [-0.2, -0.15) is 0 Å². The van der Waals surface area contributed by atoms with Gasteiger partial charge in [0.25, 0.3) is 0 Å². The number of rotatable bonds is 5. The van der Waals surface area contributed by atoms with Crippen molar-refractivity contribution < 1.29 is 4.79 Å². The third-order valence-corrected chi connectivity index (χ3v) is 3.25. The molecule has 1 aromatic carbocycles. The molecular weight excluding hydrogens is 228 g/mol. The summed E-state index contributed by atoms with van der Waals surface area (Å²) >= 11 is 0. The summed E-state index contributed by atoms with van der Waals surface area (Å²) in [6, 6.07) is 7.53. The average molecular weight is 248 g/mol. The fourth-order valence-corrected chi connectivity index (χ4v) is 2.08. The SMILES string of the molecule is NCCCNC(=O)NC1(c2ccccc2N)CC1. The molecule has 1 aliphatic rings. The van der Waals surface area contributed by atoms with Gasteiger partial charge in [0.15, 0.2) is 0 Å². The smallest absolute Gasteiger partial charge is 0.315 e. The zero-order valence-corrected chi connectivity index (χ0v) is 10.4. The Bertz CT molecular complexity index is 429. The predicted octanol–water partition coefficient (Wildman–Crippen LogP) is 0.906. The van der Waals surface area contributed by atoms with Crippen molar-refractivity contribution in [2.24, 2.45) is 5.73 Å². The number of anilines is 1. The molecule has 0 heterocycles. The number of nitrogens with one attached hydrogen (secondary N) is 2. The van der Waals surface area contributed by atoms with E-state index in [0.29, 0.717) is 13.1 Å². The van der Waals surface area contributed by atoms with Crippen molar-refractivity contribution in [1.29, 1.82) is 0 Å². The molecule has 0 radical (unpaired) electrons. The molecule has 18 heavy (non-hydrogen) atoms. The highest BCUT2D eigenvalue weighted by atomic mass is 16.2. The lowest BCUT2D eigenvalue weighted by Crippen LogP contribution is -2.43. The number of hydrogen-bond donors (Lipinski definition) is 4. The average Bonchev–Trinajstić information content (AvgIpc) is 3.10. The van der Waals surface area contributed by atoms with E-state index in [1.807, 2.05) is 24.3 Å². The molecule has 5 heteroatoms. The molecule has 0 bridgehead atoms. The summed E-state index contributed by atoms with van der Waals surface area (Å²) in [6.07, 6.45) is 2.66. The minimum Gasteiger partial charge on any atom is -0.398 e. The van der Waals surface area contributed by atoms with E-state index in [1.165, 1.54) is 0 Å². The summed E-state index contributed by atoms with van der Waals surface area (Å²) in [5, 5.41) is 5.81. The fraction of sp³-hybridized carbons (Fsp3) is 0.462. The van der Waals surface area contributed by atoms with Gasteiger partial charge in [-0.3, -0.25) is 0 Å². The quantitative estimate of drug-likeness (QED) is 0.461. The van der Waals surface area contributed by atoms with Gasteiger partial charge >= 0.3 is 6.03 Å². The standard InChI is InChI=1S/C13H20N4O/c14-8-3-9-16-12(18)17-13(6-7-13)10-4-1-2-5-11(10)15/h1-2,4-5H,3,6-9,14-15H2,(H2,16,17,18). The summed E-state index contributed by atoms with van der Waals surface area (Å²) in [4.78, 5) is 11.8. The number of nitrogen functional groups attached to an aromatic ring is 1. The Morgan fingerprint density at radius 2 is 2.06 bits per heavy atom. The molecule has 1 aromatic rings. The lowest BCUT2D eigenvalue weighted by molar-refractivity contribution is 0.236. The van der Waals surface area contributed by atoms with E-state index in [2.05, 4.69) is 10.6 Å². The zero-order valence-electron chi connectivity index (χ0n) is 10.4. The normalized spacial score (nSPS) is 16.1. The Morgan fingerprint density at radius 3 is 2.67 bits per heavy atom. The number of urea groups is 1. The Morgan fingerprint density at radius 1 is 1.33 bits per heavy atom. The molecule has 1 fully saturated rings. The zero-order chi connectivity index (χ0) is 13.0. The summed E-state index contributed by atoms with van der Waals surface area (Å²) in [7, 11) is 0. The van der Waals surface area contributed by atoms with E-state index in [1.54, 1.807) is 0 Å². The number of para-hydroxylation sites is 1. The summed E-state index contributed by atoms with van der Waals surface area (Å²) in [5.41, 5.74) is 12.8. The van der Waals surface area contributed by atoms with Crippen LogP contribution < -0.4 is 22.1 Å². The molecule has 0 aromatic heterocycles. The Kier molecular flexibility index (Phi) is 3.72. The first-order valence-electron chi connectivity index (χ1n) is 6.29. The van der Waals surface area contributed by atoms with Crippen molar-refractivity contribution in [3.8, 4) is 0 Å². The van der Waals surface area contributed by atoms with Gasteiger partial charge in [0, 0.05) is 17.8 Å². The highest BCUT2D eigenvalue weighted by Gasteiger charge is 2.46. The van der Waals surface area contributed by atoms with Gasteiger partial charge < -0.3 is 22.1 Å². The maximum absolute atomic E-state index is 11.8. The first kappa shape index (κ1) is 12.7. The summed E-state index contributed by atoms with van der Waals surface area (Å²) < 4.78 is 0. The van der Waals surface area contributed by atoms with Crippen molar-refractivity contribution in [2.75, 3.05) is 18.8 Å². The molecule has 0 unspecified atom stereocenters. The minimum absolute atomic E-state index is 0.149. The van der Waals surface area contributed by atoms with Crippen LogP contribution in [0.15, 0.2) is 24.3 Å². The third kappa shape index (κ3) is 2.73. The number of carbonyl (C=O) groups excluding carboxylic acids is 1. The van der Waals surface area contributed by atoms with Crippen LogP contribution in [0.2, 0.25) is 0 Å². The van der Waals surface area contributed by atoms with E-state index in [-0.39, 0.29) is 11.6 Å². The molecule has 6 N–H and O–H groups in total. The second-order valence-electron chi connectivity index (χ2n) is 4.69. The van der Waals surface area contributed by atoms with Crippen molar-refractivity contribution in [1.82, 2.24) is 10.6 Å². The molecule has 5 nitrogen and oxygen atoms in total. The van der Waals surface area contributed by atoms with E-state index >= 15 is 0 Å². The number of benzene rings is 1. The summed E-state index contributed by atoms with van der Waals surface area (Å²) in [6.45, 7) is 1.18. The lowest BCUT2D eigenvalue weighted by atomic mass is 10.0. The Hall–Kier alpha value is -1.75. The van der Waals surface area contributed by atoms with Crippen LogP contribution in [0.4, 0.5) is 10.5 Å². The van der Waals surface area contributed by atoms with Crippen LogP contribution in [0, 0.1) is 0 Å². The molecule has 2 amide bonds. The second kappa shape index (κ2) is 5.27. The van der Waals surface area contributed by atoms with Crippen LogP contribution in [0.25, 0.3) is 0 Å². The van der Waals surface area contributed by atoms with E-state index in [0.717, 1.165) is 30.5 Å². The van der Waals surface area contributed by atoms with Crippen molar-refractivity contribution >= 4 is 11.7 Å². The van der Waals surface area contributed by atoms with Crippen LogP contribution in [0.3, 0.4) is 0 Å². The molecule has 0 spiro atoms. The van der Waals surface area contributed by atoms with Crippen LogP contribution in [0.5, 0.6) is 0 Å². The van der Waals surface area contributed by atoms with Crippen LogP contribution >= 0.6 is 0 Å². The van der Waals surface area contributed by atoms with E-state index < -0.39 is 0 Å². The number of carbonyl (C=O) groups is 1. The van der Waals surface area contributed by atoms with Crippen LogP contribution in [-0.4, -0.2) is 19.1 Å². The first-order valence-corrected chi connectivity index (χ1v) is 6.29. The monoisotopic (exact) mass is 248 g/mol. The van der Waals surface area contributed by atoms with Gasteiger partial charge in [-0.15, -0.1) is 0 Å². The van der Waals surface area contributed by atoms with E-state index in [4.69, 9.17) is 11.5 Å². The van der Waals surface area contributed by atoms with Crippen LogP contribution in [-0.2, 0) is 5.54 Å². The maximum Gasteiger partial charge on any atom is 0.315 e. The molecule has 98 valence electrons. The molecule has 0 aliphatic heterocycles. The molecular formula is C13H20N4O. The van der Waals surface area contributed by atoms with Gasteiger partial charge in [0.05, 0.1) is 5.54 Å².